The van der Waals surface area contributed by atoms with E-state index in [1.165, 1.54) is 12.8 Å². The molecular formula is C14H26N2O3. The Kier molecular flexibility index (Phi) is 5.60. The summed E-state index contributed by atoms with van der Waals surface area (Å²) >= 11 is 0. The molecule has 3 N–H and O–H groups in total. The first-order valence-corrected chi connectivity index (χ1v) is 7.44. The first-order chi connectivity index (χ1) is 9.24. The number of ether oxygens (including phenoxy) is 1. The van der Waals surface area contributed by atoms with Crippen LogP contribution in [0, 0.1) is 5.92 Å². The van der Waals surface area contributed by atoms with Crippen LogP contribution in [0.1, 0.15) is 38.5 Å². The number of nitrogens with one attached hydrogen (secondary N) is 2. The lowest BCUT2D eigenvalue weighted by Gasteiger charge is -2.36. The molecule has 0 spiro atoms. The average Bonchev–Trinajstić information content (AvgIpc) is 2.47. The molecule has 19 heavy (non-hydrogen) atoms. The van der Waals surface area contributed by atoms with Crippen molar-refractivity contribution in [1.29, 1.82) is 0 Å². The van der Waals surface area contributed by atoms with Crippen molar-refractivity contribution >= 4 is 5.91 Å². The standard InChI is InChI=1S/C14H26N2O3/c17-11-14(5-8-19-9-6-14)16-13(18)4-3-12-2-1-7-15-10-12/h12,15,17H,1-11H2,(H,16,18). The predicted octanol–water partition coefficient (Wildman–Crippen LogP) is 0.424. The quantitative estimate of drug-likeness (QED) is 0.677. The van der Waals surface area contributed by atoms with Crippen molar-refractivity contribution < 1.29 is 14.6 Å². The first-order valence-electron chi connectivity index (χ1n) is 7.44. The molecule has 1 amide bonds. The Morgan fingerprint density at radius 3 is 2.84 bits per heavy atom. The summed E-state index contributed by atoms with van der Waals surface area (Å²) in [5.74, 6) is 0.695. The van der Waals surface area contributed by atoms with Gasteiger partial charge in [-0.15, -0.1) is 0 Å². The third-order valence-electron chi connectivity index (χ3n) is 4.34. The van der Waals surface area contributed by atoms with E-state index in [4.69, 9.17) is 4.74 Å². The molecule has 5 nitrogen and oxygen atoms in total. The van der Waals surface area contributed by atoms with Gasteiger partial charge in [0.25, 0.3) is 0 Å². The zero-order chi connectivity index (χ0) is 13.6. The van der Waals surface area contributed by atoms with Gasteiger partial charge in [-0.05, 0) is 51.1 Å². The molecule has 0 aromatic carbocycles. The van der Waals surface area contributed by atoms with Crippen molar-refractivity contribution in [1.82, 2.24) is 10.6 Å². The van der Waals surface area contributed by atoms with Crippen LogP contribution in [0.4, 0.5) is 0 Å². The summed E-state index contributed by atoms with van der Waals surface area (Å²) in [6.07, 6.45) is 5.36. The topological polar surface area (TPSA) is 70.6 Å². The molecule has 0 bridgehead atoms. The van der Waals surface area contributed by atoms with Gasteiger partial charge in [-0.3, -0.25) is 4.79 Å². The van der Waals surface area contributed by atoms with E-state index < -0.39 is 5.54 Å². The molecule has 1 unspecified atom stereocenters. The Labute approximate surface area is 115 Å². The number of aliphatic hydroxyl groups excluding tert-OH is 1. The van der Waals surface area contributed by atoms with Crippen LogP contribution in [-0.2, 0) is 9.53 Å². The summed E-state index contributed by atoms with van der Waals surface area (Å²) in [5, 5.41) is 15.9. The number of carbonyl (C=O) groups excluding carboxylic acids is 1. The lowest BCUT2D eigenvalue weighted by atomic mass is 9.90. The minimum Gasteiger partial charge on any atom is -0.394 e. The van der Waals surface area contributed by atoms with Crippen LogP contribution < -0.4 is 10.6 Å². The van der Waals surface area contributed by atoms with Crippen LogP contribution in [0.3, 0.4) is 0 Å². The molecule has 110 valence electrons. The van der Waals surface area contributed by atoms with Gasteiger partial charge in [-0.2, -0.15) is 0 Å². The highest BCUT2D eigenvalue weighted by Gasteiger charge is 2.33. The average molecular weight is 270 g/mol. The molecule has 2 fully saturated rings. The van der Waals surface area contributed by atoms with Gasteiger partial charge in [-0.1, -0.05) is 0 Å². The number of hydrogen-bond donors (Lipinski definition) is 3. The molecular weight excluding hydrogens is 244 g/mol. The van der Waals surface area contributed by atoms with E-state index in [1.807, 2.05) is 0 Å². The molecule has 2 aliphatic rings. The fourth-order valence-electron chi connectivity index (χ4n) is 2.95. The van der Waals surface area contributed by atoms with Gasteiger partial charge in [0.05, 0.1) is 12.1 Å². The Morgan fingerprint density at radius 2 is 2.21 bits per heavy atom. The predicted molar refractivity (Wildman–Crippen MR) is 72.8 cm³/mol. The van der Waals surface area contributed by atoms with E-state index in [2.05, 4.69) is 10.6 Å². The van der Waals surface area contributed by atoms with E-state index in [-0.39, 0.29) is 12.5 Å². The maximum Gasteiger partial charge on any atom is 0.220 e. The maximum atomic E-state index is 12.0. The molecule has 0 aromatic heterocycles. The van der Waals surface area contributed by atoms with E-state index in [9.17, 15) is 9.90 Å². The smallest absolute Gasteiger partial charge is 0.220 e. The van der Waals surface area contributed by atoms with Gasteiger partial charge in [0.2, 0.25) is 5.91 Å². The van der Waals surface area contributed by atoms with Crippen molar-refractivity contribution in [3.8, 4) is 0 Å². The van der Waals surface area contributed by atoms with E-state index >= 15 is 0 Å². The molecule has 0 aromatic rings. The number of amides is 1. The molecule has 2 rings (SSSR count). The van der Waals surface area contributed by atoms with Gasteiger partial charge in [0.15, 0.2) is 0 Å². The van der Waals surface area contributed by atoms with Gasteiger partial charge in [-0.25, -0.2) is 0 Å². The van der Waals surface area contributed by atoms with E-state index in [0.29, 0.717) is 38.4 Å². The fourth-order valence-corrected chi connectivity index (χ4v) is 2.95. The molecule has 5 heteroatoms. The Balaban J connectivity index is 1.72. The summed E-state index contributed by atoms with van der Waals surface area (Å²) in [6.45, 7) is 3.39. The Hall–Kier alpha value is -0.650. The summed E-state index contributed by atoms with van der Waals surface area (Å²) in [7, 11) is 0. The monoisotopic (exact) mass is 270 g/mol. The fraction of sp³-hybridized carbons (Fsp3) is 0.929. The molecule has 2 aliphatic heterocycles. The normalized spacial score (nSPS) is 26.9. The third-order valence-corrected chi connectivity index (χ3v) is 4.34. The van der Waals surface area contributed by atoms with Gasteiger partial charge < -0.3 is 20.5 Å². The molecule has 2 heterocycles. The van der Waals surface area contributed by atoms with Gasteiger partial charge >= 0.3 is 0 Å². The number of piperidine rings is 1. The Bertz CT molecular complexity index is 284. The van der Waals surface area contributed by atoms with Crippen LogP contribution in [0.5, 0.6) is 0 Å². The Morgan fingerprint density at radius 1 is 1.42 bits per heavy atom. The van der Waals surface area contributed by atoms with Crippen molar-refractivity contribution in [2.45, 2.75) is 44.1 Å². The molecule has 0 saturated carbocycles. The zero-order valence-electron chi connectivity index (χ0n) is 11.6. The maximum absolute atomic E-state index is 12.0. The molecule has 2 saturated heterocycles. The largest absolute Gasteiger partial charge is 0.394 e. The van der Waals surface area contributed by atoms with Crippen LogP contribution in [-0.4, -0.2) is 49.5 Å². The highest BCUT2D eigenvalue weighted by atomic mass is 16.5. The van der Waals surface area contributed by atoms with Gasteiger partial charge in [0.1, 0.15) is 0 Å². The zero-order valence-corrected chi connectivity index (χ0v) is 11.6. The third kappa shape index (κ3) is 4.44. The summed E-state index contributed by atoms with van der Waals surface area (Å²) in [5.41, 5.74) is -0.444. The van der Waals surface area contributed by atoms with Crippen molar-refractivity contribution in [2.75, 3.05) is 32.9 Å². The second-order valence-corrected chi connectivity index (χ2v) is 5.85. The molecule has 0 radical (unpaired) electrons. The van der Waals surface area contributed by atoms with E-state index in [1.54, 1.807) is 0 Å². The van der Waals surface area contributed by atoms with Crippen molar-refractivity contribution in [3.05, 3.63) is 0 Å². The molecule has 0 aliphatic carbocycles. The van der Waals surface area contributed by atoms with Crippen molar-refractivity contribution in [2.24, 2.45) is 5.92 Å². The highest BCUT2D eigenvalue weighted by molar-refractivity contribution is 5.76. The number of aliphatic hydroxyl groups is 1. The second-order valence-electron chi connectivity index (χ2n) is 5.85. The summed E-state index contributed by atoms with van der Waals surface area (Å²) in [4.78, 5) is 12.0. The number of rotatable bonds is 5. The minimum absolute atomic E-state index is 0.00703. The highest BCUT2D eigenvalue weighted by Crippen LogP contribution is 2.21. The first kappa shape index (κ1) is 14.8. The lowest BCUT2D eigenvalue weighted by Crippen LogP contribution is -2.54. The van der Waals surface area contributed by atoms with Gasteiger partial charge in [0, 0.05) is 19.6 Å². The molecule has 1 atom stereocenters. The van der Waals surface area contributed by atoms with Crippen LogP contribution in [0.2, 0.25) is 0 Å². The van der Waals surface area contributed by atoms with Crippen LogP contribution in [0.15, 0.2) is 0 Å². The van der Waals surface area contributed by atoms with Crippen LogP contribution >= 0.6 is 0 Å². The summed E-state index contributed by atoms with van der Waals surface area (Å²) in [6, 6.07) is 0. The van der Waals surface area contributed by atoms with E-state index in [0.717, 1.165) is 19.5 Å². The number of hydrogen-bond acceptors (Lipinski definition) is 4. The lowest BCUT2D eigenvalue weighted by molar-refractivity contribution is -0.125. The SMILES string of the molecule is O=C(CCC1CCCNC1)NC1(CO)CCOCC1. The van der Waals surface area contributed by atoms with Crippen LogP contribution in [0.25, 0.3) is 0 Å². The second kappa shape index (κ2) is 7.22. The number of carbonyl (C=O) groups is 1. The van der Waals surface area contributed by atoms with Crippen molar-refractivity contribution in [3.63, 3.8) is 0 Å². The summed E-state index contributed by atoms with van der Waals surface area (Å²) < 4.78 is 5.29. The minimum atomic E-state index is -0.444.